The number of rotatable bonds is 9. The Morgan fingerprint density at radius 2 is 1.71 bits per heavy atom. The second-order valence-electron chi connectivity index (χ2n) is 7.28. The number of esters is 1. The number of amides is 1. The van der Waals surface area contributed by atoms with Crippen molar-refractivity contribution in [2.45, 2.75) is 12.8 Å². The van der Waals surface area contributed by atoms with Gasteiger partial charge in [0.1, 0.15) is 17.3 Å². The lowest BCUT2D eigenvalue weighted by Gasteiger charge is -2.09. The van der Waals surface area contributed by atoms with Crippen LogP contribution >= 0.6 is 0 Å². The summed E-state index contributed by atoms with van der Waals surface area (Å²) in [5.41, 5.74) is 1.19. The molecule has 0 aliphatic heterocycles. The molecule has 4 aromatic rings. The van der Waals surface area contributed by atoms with Crippen molar-refractivity contribution < 1.29 is 27.9 Å². The van der Waals surface area contributed by atoms with Crippen molar-refractivity contribution in [2.75, 3.05) is 11.9 Å². The monoisotopic (exact) mass is 460 g/mol. The van der Waals surface area contributed by atoms with Crippen molar-refractivity contribution >= 4 is 17.6 Å². The zero-order valence-corrected chi connectivity index (χ0v) is 18.1. The van der Waals surface area contributed by atoms with Crippen molar-refractivity contribution in [3.63, 3.8) is 0 Å². The maximum atomic E-state index is 13.0. The van der Waals surface area contributed by atoms with Crippen LogP contribution in [0.15, 0.2) is 89.5 Å². The molecular formula is C26H21FN2O5. The third-order valence-electron chi connectivity index (χ3n) is 4.69. The summed E-state index contributed by atoms with van der Waals surface area (Å²) in [6, 6.07) is 22.0. The normalized spacial score (nSPS) is 10.5. The van der Waals surface area contributed by atoms with E-state index in [1.807, 2.05) is 30.3 Å². The number of carbonyl (C=O) groups excluding carboxylic acids is 2. The van der Waals surface area contributed by atoms with E-state index in [4.69, 9.17) is 13.9 Å². The van der Waals surface area contributed by atoms with Gasteiger partial charge in [0, 0.05) is 23.7 Å². The Bertz CT molecular complexity index is 1260. The minimum absolute atomic E-state index is 0.00292. The van der Waals surface area contributed by atoms with E-state index < -0.39 is 18.5 Å². The summed E-state index contributed by atoms with van der Waals surface area (Å²) in [5.74, 6) is 0.682. The van der Waals surface area contributed by atoms with Crippen LogP contribution in [-0.4, -0.2) is 23.5 Å². The number of nitrogens with zero attached hydrogens (tertiary/aromatic N) is 1. The lowest BCUT2D eigenvalue weighted by atomic mass is 10.2. The van der Waals surface area contributed by atoms with E-state index in [1.54, 1.807) is 36.4 Å². The van der Waals surface area contributed by atoms with Gasteiger partial charge < -0.3 is 19.2 Å². The smallest absolute Gasteiger partial charge is 0.306 e. The average Bonchev–Trinajstić information content (AvgIpc) is 3.32. The number of aromatic nitrogens is 1. The van der Waals surface area contributed by atoms with Gasteiger partial charge in [-0.25, -0.2) is 9.37 Å². The molecule has 0 fully saturated rings. The molecule has 4 rings (SSSR count). The molecule has 1 aromatic heterocycles. The SMILES string of the molecule is O=C(COC(=O)CCc1ncc(-c2ccc(F)cc2)o1)Nc1cccc(Oc2ccccc2)c1. The quantitative estimate of drug-likeness (QED) is 0.337. The highest BCUT2D eigenvalue weighted by molar-refractivity contribution is 5.93. The van der Waals surface area contributed by atoms with Crippen LogP contribution in [0.3, 0.4) is 0 Å². The predicted molar refractivity (Wildman–Crippen MR) is 123 cm³/mol. The third kappa shape index (κ3) is 6.52. The average molecular weight is 460 g/mol. The van der Waals surface area contributed by atoms with Gasteiger partial charge in [0.05, 0.1) is 12.6 Å². The molecule has 0 unspecified atom stereocenters. The predicted octanol–water partition coefficient (Wildman–Crippen LogP) is 5.39. The highest BCUT2D eigenvalue weighted by Gasteiger charge is 2.12. The van der Waals surface area contributed by atoms with Crippen LogP contribution in [-0.2, 0) is 20.7 Å². The standard InChI is InChI=1S/C26H21FN2O5/c27-19-11-9-18(10-12-19)23-16-28-25(34-23)13-14-26(31)32-17-24(30)29-20-5-4-8-22(15-20)33-21-6-2-1-3-7-21/h1-12,15-16H,13-14,17H2,(H,29,30). The largest absolute Gasteiger partial charge is 0.457 e. The summed E-state index contributed by atoms with van der Waals surface area (Å²) in [6.07, 6.45) is 1.72. The van der Waals surface area contributed by atoms with Crippen molar-refractivity contribution in [3.8, 4) is 22.8 Å². The number of ether oxygens (including phenoxy) is 2. The maximum absolute atomic E-state index is 13.0. The molecule has 1 N–H and O–H groups in total. The number of hydrogen-bond acceptors (Lipinski definition) is 6. The lowest BCUT2D eigenvalue weighted by molar-refractivity contribution is -0.147. The Morgan fingerprint density at radius 1 is 0.941 bits per heavy atom. The topological polar surface area (TPSA) is 90.7 Å². The fourth-order valence-electron chi connectivity index (χ4n) is 3.06. The number of oxazole rings is 1. The number of benzene rings is 3. The van der Waals surface area contributed by atoms with Gasteiger partial charge >= 0.3 is 5.97 Å². The summed E-state index contributed by atoms with van der Waals surface area (Å²) >= 11 is 0. The molecule has 1 amide bonds. The molecule has 34 heavy (non-hydrogen) atoms. The molecule has 0 saturated heterocycles. The molecule has 7 nitrogen and oxygen atoms in total. The molecule has 1 heterocycles. The molecule has 0 aliphatic rings. The Morgan fingerprint density at radius 3 is 2.50 bits per heavy atom. The second kappa shape index (κ2) is 10.9. The molecule has 0 saturated carbocycles. The molecule has 0 aliphatic carbocycles. The first-order valence-electron chi connectivity index (χ1n) is 10.5. The van der Waals surface area contributed by atoms with Gasteiger partial charge in [-0.2, -0.15) is 0 Å². The third-order valence-corrected chi connectivity index (χ3v) is 4.69. The van der Waals surface area contributed by atoms with E-state index in [2.05, 4.69) is 10.3 Å². The maximum Gasteiger partial charge on any atom is 0.306 e. The molecule has 0 spiro atoms. The van der Waals surface area contributed by atoms with E-state index in [9.17, 15) is 14.0 Å². The number of aryl methyl sites for hydroxylation is 1. The fourth-order valence-corrected chi connectivity index (χ4v) is 3.06. The molecule has 3 aromatic carbocycles. The van der Waals surface area contributed by atoms with Crippen molar-refractivity contribution in [2.24, 2.45) is 0 Å². The van der Waals surface area contributed by atoms with Crippen LogP contribution < -0.4 is 10.1 Å². The van der Waals surface area contributed by atoms with Crippen LogP contribution in [0, 0.1) is 5.82 Å². The van der Waals surface area contributed by atoms with Gasteiger partial charge in [0.2, 0.25) is 0 Å². The summed E-state index contributed by atoms with van der Waals surface area (Å²) < 4.78 is 29.4. The highest BCUT2D eigenvalue weighted by Crippen LogP contribution is 2.24. The minimum atomic E-state index is -0.558. The van der Waals surface area contributed by atoms with Crippen molar-refractivity contribution in [1.82, 2.24) is 4.98 Å². The Kier molecular flexibility index (Phi) is 7.29. The lowest BCUT2D eigenvalue weighted by Crippen LogP contribution is -2.21. The molecule has 0 atom stereocenters. The number of halogens is 1. The Hall–Kier alpha value is -4.46. The van der Waals surface area contributed by atoms with Gasteiger partial charge in [-0.15, -0.1) is 0 Å². The van der Waals surface area contributed by atoms with E-state index in [1.165, 1.54) is 18.3 Å². The van der Waals surface area contributed by atoms with E-state index in [0.717, 1.165) is 0 Å². The van der Waals surface area contributed by atoms with Crippen LogP contribution in [0.4, 0.5) is 10.1 Å². The van der Waals surface area contributed by atoms with Crippen molar-refractivity contribution in [3.05, 3.63) is 96.8 Å². The highest BCUT2D eigenvalue weighted by atomic mass is 19.1. The Labute approximate surface area is 195 Å². The van der Waals surface area contributed by atoms with Gasteiger partial charge in [-0.3, -0.25) is 9.59 Å². The second-order valence-corrected chi connectivity index (χ2v) is 7.28. The Balaban J connectivity index is 1.21. The van der Waals surface area contributed by atoms with E-state index >= 15 is 0 Å². The number of nitrogens with one attached hydrogen (secondary N) is 1. The number of carbonyl (C=O) groups is 2. The number of para-hydroxylation sites is 1. The molecular weight excluding hydrogens is 439 g/mol. The van der Waals surface area contributed by atoms with Gasteiger partial charge in [0.15, 0.2) is 18.3 Å². The van der Waals surface area contributed by atoms with E-state index in [0.29, 0.717) is 34.4 Å². The fraction of sp³-hybridized carbons (Fsp3) is 0.115. The van der Waals surface area contributed by atoms with Crippen molar-refractivity contribution in [1.29, 1.82) is 0 Å². The van der Waals surface area contributed by atoms with Gasteiger partial charge in [0.25, 0.3) is 5.91 Å². The van der Waals surface area contributed by atoms with Crippen LogP contribution in [0.2, 0.25) is 0 Å². The van der Waals surface area contributed by atoms with Crippen LogP contribution in [0.5, 0.6) is 11.5 Å². The zero-order valence-electron chi connectivity index (χ0n) is 18.1. The van der Waals surface area contributed by atoms with Crippen LogP contribution in [0.25, 0.3) is 11.3 Å². The summed E-state index contributed by atoms with van der Waals surface area (Å²) in [5, 5.41) is 2.67. The number of anilines is 1. The summed E-state index contributed by atoms with van der Waals surface area (Å²) in [6.45, 7) is -0.422. The minimum Gasteiger partial charge on any atom is -0.457 e. The molecule has 8 heteroatoms. The summed E-state index contributed by atoms with van der Waals surface area (Å²) in [7, 11) is 0. The first kappa shape index (κ1) is 22.7. The van der Waals surface area contributed by atoms with Gasteiger partial charge in [-0.1, -0.05) is 24.3 Å². The van der Waals surface area contributed by atoms with E-state index in [-0.39, 0.29) is 18.7 Å². The first-order chi connectivity index (χ1) is 16.5. The number of hydrogen-bond donors (Lipinski definition) is 1. The van der Waals surface area contributed by atoms with Gasteiger partial charge in [-0.05, 0) is 48.5 Å². The summed E-state index contributed by atoms with van der Waals surface area (Å²) in [4.78, 5) is 28.3. The molecule has 172 valence electrons. The van der Waals surface area contributed by atoms with Crippen LogP contribution in [0.1, 0.15) is 12.3 Å². The first-order valence-corrected chi connectivity index (χ1v) is 10.5. The zero-order chi connectivity index (χ0) is 23.8. The molecule has 0 radical (unpaired) electrons. The molecule has 0 bridgehead atoms.